The quantitative estimate of drug-likeness (QED) is 0.807. The van der Waals surface area contributed by atoms with Crippen molar-refractivity contribution < 1.29 is 13.2 Å². The van der Waals surface area contributed by atoms with Crippen LogP contribution in [-0.4, -0.2) is 39.0 Å². The fourth-order valence-electron chi connectivity index (χ4n) is 2.73. The van der Waals surface area contributed by atoms with Gasteiger partial charge in [-0.25, -0.2) is 8.42 Å². The molecular formula is C15H20N2O3S. The van der Waals surface area contributed by atoms with Gasteiger partial charge in [0.25, 0.3) is 0 Å². The Kier molecular flexibility index (Phi) is 5.34. The smallest absolute Gasteiger partial charge is 0.243 e. The number of hydrogen-bond acceptors (Lipinski definition) is 4. The molecule has 6 heteroatoms. The number of hydrogen-bond donors (Lipinski definition) is 0. The largest absolute Gasteiger partial charge is 0.383 e. The molecule has 0 atom stereocenters. The van der Waals surface area contributed by atoms with Gasteiger partial charge in [0.2, 0.25) is 10.0 Å². The zero-order chi connectivity index (χ0) is 15.3. The molecule has 5 nitrogen and oxygen atoms in total. The minimum atomic E-state index is -3.59. The van der Waals surface area contributed by atoms with E-state index in [1.807, 2.05) is 6.07 Å². The van der Waals surface area contributed by atoms with Crippen LogP contribution in [0.5, 0.6) is 0 Å². The Labute approximate surface area is 126 Å². The first kappa shape index (κ1) is 16.0. The van der Waals surface area contributed by atoms with Crippen LogP contribution in [0.2, 0.25) is 0 Å². The van der Waals surface area contributed by atoms with Gasteiger partial charge in [0.15, 0.2) is 0 Å². The Morgan fingerprint density at radius 2 is 2.10 bits per heavy atom. The van der Waals surface area contributed by atoms with Crippen molar-refractivity contribution in [2.24, 2.45) is 0 Å². The molecule has 1 saturated carbocycles. The monoisotopic (exact) mass is 308 g/mol. The van der Waals surface area contributed by atoms with E-state index in [2.05, 4.69) is 0 Å². The highest BCUT2D eigenvalue weighted by Gasteiger charge is 2.33. The molecule has 0 radical (unpaired) electrons. The number of rotatable bonds is 6. The predicted molar refractivity (Wildman–Crippen MR) is 79.2 cm³/mol. The Morgan fingerprint density at radius 1 is 1.38 bits per heavy atom. The van der Waals surface area contributed by atoms with Crippen molar-refractivity contribution in [1.29, 1.82) is 5.26 Å². The molecule has 0 saturated heterocycles. The van der Waals surface area contributed by atoms with Crippen LogP contribution in [-0.2, 0) is 14.8 Å². The SMILES string of the molecule is COCCN(C1CCCC1)S(=O)(=O)c1cccc(C#N)c1. The van der Waals surface area contributed by atoms with E-state index in [9.17, 15) is 8.42 Å². The second-order valence-electron chi connectivity index (χ2n) is 5.19. The Morgan fingerprint density at radius 3 is 2.71 bits per heavy atom. The molecule has 0 heterocycles. The van der Waals surface area contributed by atoms with Gasteiger partial charge < -0.3 is 4.74 Å². The zero-order valence-electron chi connectivity index (χ0n) is 12.2. The number of nitrogens with zero attached hydrogens (tertiary/aromatic N) is 2. The molecule has 114 valence electrons. The maximum absolute atomic E-state index is 12.9. The van der Waals surface area contributed by atoms with Crippen LogP contribution in [0.15, 0.2) is 29.2 Å². The molecule has 0 aliphatic heterocycles. The fraction of sp³-hybridized carbons (Fsp3) is 0.533. The molecule has 0 N–H and O–H groups in total. The minimum absolute atomic E-state index is 0.0379. The van der Waals surface area contributed by atoms with E-state index in [1.165, 1.54) is 6.07 Å². The second kappa shape index (κ2) is 7.03. The molecule has 1 aromatic rings. The van der Waals surface area contributed by atoms with Crippen LogP contribution < -0.4 is 0 Å². The predicted octanol–water partition coefficient (Wildman–Crippen LogP) is 2.14. The lowest BCUT2D eigenvalue weighted by Crippen LogP contribution is -2.40. The zero-order valence-corrected chi connectivity index (χ0v) is 13.0. The average molecular weight is 308 g/mol. The van der Waals surface area contributed by atoms with Crippen molar-refractivity contribution in [3.63, 3.8) is 0 Å². The van der Waals surface area contributed by atoms with Crippen molar-refractivity contribution in [1.82, 2.24) is 4.31 Å². The fourth-order valence-corrected chi connectivity index (χ4v) is 4.45. The van der Waals surface area contributed by atoms with Crippen LogP contribution in [0.25, 0.3) is 0 Å². The maximum Gasteiger partial charge on any atom is 0.243 e. The van der Waals surface area contributed by atoms with Crippen LogP contribution in [0.3, 0.4) is 0 Å². The number of sulfonamides is 1. The molecule has 0 spiro atoms. The van der Waals surface area contributed by atoms with Crippen LogP contribution in [0, 0.1) is 11.3 Å². The summed E-state index contributed by atoms with van der Waals surface area (Å²) in [7, 11) is -2.02. The minimum Gasteiger partial charge on any atom is -0.383 e. The van der Waals surface area contributed by atoms with Gasteiger partial charge in [-0.1, -0.05) is 18.9 Å². The van der Waals surface area contributed by atoms with E-state index >= 15 is 0 Å². The third kappa shape index (κ3) is 3.62. The molecule has 21 heavy (non-hydrogen) atoms. The molecule has 0 amide bonds. The van der Waals surface area contributed by atoms with E-state index in [-0.39, 0.29) is 10.9 Å². The van der Waals surface area contributed by atoms with Gasteiger partial charge in [-0.2, -0.15) is 9.57 Å². The van der Waals surface area contributed by atoms with Crippen LogP contribution in [0.4, 0.5) is 0 Å². The number of benzene rings is 1. The molecule has 0 bridgehead atoms. The lowest BCUT2D eigenvalue weighted by atomic mass is 10.2. The first-order valence-electron chi connectivity index (χ1n) is 7.10. The van der Waals surface area contributed by atoms with Crippen molar-refractivity contribution in [3.8, 4) is 6.07 Å². The molecule has 1 aliphatic carbocycles. The molecule has 1 aromatic carbocycles. The summed E-state index contributed by atoms with van der Waals surface area (Å²) in [6, 6.07) is 8.21. The molecule has 1 aliphatic rings. The van der Waals surface area contributed by atoms with Gasteiger partial charge in [-0.15, -0.1) is 0 Å². The summed E-state index contributed by atoms with van der Waals surface area (Å²) in [6.07, 6.45) is 3.89. The highest BCUT2D eigenvalue weighted by Crippen LogP contribution is 2.28. The number of nitriles is 1. The van der Waals surface area contributed by atoms with Crippen molar-refractivity contribution >= 4 is 10.0 Å². The highest BCUT2D eigenvalue weighted by atomic mass is 32.2. The topological polar surface area (TPSA) is 70.4 Å². The summed E-state index contributed by atoms with van der Waals surface area (Å²) in [5.41, 5.74) is 0.356. The normalized spacial score (nSPS) is 16.2. The lowest BCUT2D eigenvalue weighted by Gasteiger charge is -2.27. The van der Waals surface area contributed by atoms with Gasteiger partial charge in [-0.3, -0.25) is 0 Å². The molecule has 2 rings (SSSR count). The first-order chi connectivity index (χ1) is 10.1. The summed E-state index contributed by atoms with van der Waals surface area (Å²) in [5.74, 6) is 0. The van der Waals surface area contributed by atoms with Gasteiger partial charge in [0, 0.05) is 19.7 Å². The van der Waals surface area contributed by atoms with E-state index in [0.717, 1.165) is 25.7 Å². The Bertz CT molecular complexity index is 616. The number of methoxy groups -OCH3 is 1. The van der Waals surface area contributed by atoms with E-state index in [4.69, 9.17) is 10.00 Å². The first-order valence-corrected chi connectivity index (χ1v) is 8.54. The van der Waals surface area contributed by atoms with Gasteiger partial charge >= 0.3 is 0 Å². The highest BCUT2D eigenvalue weighted by molar-refractivity contribution is 7.89. The third-order valence-electron chi connectivity index (χ3n) is 3.82. The standard InChI is InChI=1S/C15H20N2O3S/c1-20-10-9-17(14-6-2-3-7-14)21(18,19)15-8-4-5-13(11-15)12-16/h4-5,8,11,14H,2-3,6-7,9-10H2,1H3. The molecular weight excluding hydrogens is 288 g/mol. The third-order valence-corrected chi connectivity index (χ3v) is 5.77. The van der Waals surface area contributed by atoms with Gasteiger partial charge in [0.1, 0.15) is 0 Å². The average Bonchev–Trinajstić information content (AvgIpc) is 3.01. The molecule has 1 fully saturated rings. The van der Waals surface area contributed by atoms with E-state index in [0.29, 0.717) is 18.7 Å². The molecule has 0 aromatic heterocycles. The summed E-state index contributed by atoms with van der Waals surface area (Å²) in [6.45, 7) is 0.716. The van der Waals surface area contributed by atoms with Crippen LogP contribution in [0.1, 0.15) is 31.2 Å². The lowest BCUT2D eigenvalue weighted by molar-refractivity contribution is 0.166. The summed E-state index contributed by atoms with van der Waals surface area (Å²) in [4.78, 5) is 0.185. The Hall–Kier alpha value is -1.42. The van der Waals surface area contributed by atoms with E-state index < -0.39 is 10.0 Å². The maximum atomic E-state index is 12.9. The number of ether oxygens (including phenoxy) is 1. The Balaban J connectivity index is 2.33. The summed E-state index contributed by atoms with van der Waals surface area (Å²) in [5, 5.41) is 8.94. The van der Waals surface area contributed by atoms with Gasteiger partial charge in [-0.05, 0) is 31.0 Å². The summed E-state index contributed by atoms with van der Waals surface area (Å²) >= 11 is 0. The van der Waals surface area contributed by atoms with Crippen molar-refractivity contribution in [3.05, 3.63) is 29.8 Å². The summed E-state index contributed by atoms with van der Waals surface area (Å²) < 4.78 is 32.3. The molecule has 0 unspecified atom stereocenters. The van der Waals surface area contributed by atoms with E-state index in [1.54, 1.807) is 29.6 Å². The van der Waals surface area contributed by atoms with Crippen LogP contribution >= 0.6 is 0 Å². The second-order valence-corrected chi connectivity index (χ2v) is 7.08. The van der Waals surface area contributed by atoms with Crippen molar-refractivity contribution in [2.75, 3.05) is 20.3 Å². The van der Waals surface area contributed by atoms with Crippen molar-refractivity contribution in [2.45, 2.75) is 36.6 Å². The van der Waals surface area contributed by atoms with Gasteiger partial charge in [0.05, 0.1) is 23.1 Å².